The van der Waals surface area contributed by atoms with E-state index in [1.54, 1.807) is 6.20 Å². The van der Waals surface area contributed by atoms with Gasteiger partial charge in [0.2, 0.25) is 11.7 Å². The van der Waals surface area contributed by atoms with Crippen LogP contribution in [0.1, 0.15) is 24.4 Å². The van der Waals surface area contributed by atoms with Crippen molar-refractivity contribution in [3.05, 3.63) is 53.9 Å². The first-order valence-electron chi connectivity index (χ1n) is 6.71. The minimum atomic E-state index is -0.304. The highest BCUT2D eigenvalue weighted by atomic mass is 19.1. The molecule has 6 heteroatoms. The first-order valence-corrected chi connectivity index (χ1v) is 6.71. The number of rotatable bonds is 4. The second-order valence-electron chi connectivity index (χ2n) is 5.07. The van der Waals surface area contributed by atoms with E-state index in [1.165, 1.54) is 12.1 Å². The third-order valence-corrected chi connectivity index (χ3v) is 3.21. The topological polar surface area (TPSA) is 56.7 Å². The summed E-state index contributed by atoms with van der Waals surface area (Å²) in [6.07, 6.45) is 4.19. The fourth-order valence-corrected chi connectivity index (χ4v) is 2.21. The fourth-order valence-electron chi connectivity index (χ4n) is 2.21. The molecule has 2 heterocycles. The van der Waals surface area contributed by atoms with Crippen LogP contribution < -0.4 is 0 Å². The molecular weight excluding hydrogens is 271 g/mol. The van der Waals surface area contributed by atoms with Crippen LogP contribution in [0.25, 0.3) is 11.4 Å². The Labute approximate surface area is 121 Å². The summed E-state index contributed by atoms with van der Waals surface area (Å²) in [5, 5.41) is 8.10. The maximum Gasteiger partial charge on any atom is 0.229 e. The predicted octanol–water partition coefficient (Wildman–Crippen LogP) is 3.18. The van der Waals surface area contributed by atoms with E-state index in [1.807, 2.05) is 36.9 Å². The van der Waals surface area contributed by atoms with Gasteiger partial charge < -0.3 is 4.52 Å². The Kier molecular flexibility index (Phi) is 3.51. The first kappa shape index (κ1) is 13.5. The maximum absolute atomic E-state index is 13.4. The second-order valence-corrected chi connectivity index (χ2v) is 5.07. The largest absolute Gasteiger partial charge is 0.339 e. The van der Waals surface area contributed by atoms with Crippen LogP contribution in [0.2, 0.25) is 0 Å². The van der Waals surface area contributed by atoms with Crippen molar-refractivity contribution in [2.24, 2.45) is 0 Å². The van der Waals surface area contributed by atoms with Gasteiger partial charge in [-0.15, -0.1) is 0 Å². The monoisotopic (exact) mass is 286 g/mol. The fraction of sp³-hybridized carbons (Fsp3) is 0.267. The Bertz CT molecular complexity index is 716. The number of hydrogen-bond donors (Lipinski definition) is 0. The average molecular weight is 286 g/mol. The van der Waals surface area contributed by atoms with Gasteiger partial charge in [0.25, 0.3) is 0 Å². The molecule has 0 fully saturated rings. The number of benzene rings is 1. The van der Waals surface area contributed by atoms with Gasteiger partial charge in [-0.25, -0.2) is 4.39 Å². The van der Waals surface area contributed by atoms with Gasteiger partial charge in [-0.2, -0.15) is 10.1 Å². The van der Waals surface area contributed by atoms with Crippen molar-refractivity contribution in [2.75, 3.05) is 0 Å². The van der Waals surface area contributed by atoms with Crippen molar-refractivity contribution >= 4 is 0 Å². The van der Waals surface area contributed by atoms with Gasteiger partial charge in [0.05, 0.1) is 6.04 Å². The van der Waals surface area contributed by atoms with Crippen molar-refractivity contribution in [1.82, 2.24) is 19.9 Å². The van der Waals surface area contributed by atoms with Crippen molar-refractivity contribution in [3.8, 4) is 11.4 Å². The standard InChI is InChI=1S/C15H15FN4O/c1-10-6-12(9-13(16)7-10)15-18-14(21-19-15)8-11(2)20-5-3-4-17-20/h3-7,9,11H,8H2,1-2H3. The minimum absolute atomic E-state index is 0.113. The lowest BCUT2D eigenvalue weighted by Crippen LogP contribution is -2.08. The van der Waals surface area contributed by atoms with Crippen molar-refractivity contribution < 1.29 is 8.91 Å². The summed E-state index contributed by atoms with van der Waals surface area (Å²) in [6, 6.07) is 6.67. The zero-order valence-corrected chi connectivity index (χ0v) is 11.8. The van der Waals surface area contributed by atoms with Crippen LogP contribution in [0.5, 0.6) is 0 Å². The first-order chi connectivity index (χ1) is 10.1. The van der Waals surface area contributed by atoms with Gasteiger partial charge in [0.15, 0.2) is 0 Å². The highest BCUT2D eigenvalue weighted by Crippen LogP contribution is 2.20. The van der Waals surface area contributed by atoms with Crippen LogP contribution >= 0.6 is 0 Å². The van der Waals surface area contributed by atoms with Gasteiger partial charge in [0.1, 0.15) is 5.82 Å². The summed E-state index contributed by atoms with van der Waals surface area (Å²) in [7, 11) is 0. The summed E-state index contributed by atoms with van der Waals surface area (Å²) < 4.78 is 20.5. The van der Waals surface area contributed by atoms with Crippen LogP contribution in [0.3, 0.4) is 0 Å². The van der Waals surface area contributed by atoms with E-state index in [4.69, 9.17) is 4.52 Å². The highest BCUT2D eigenvalue weighted by Gasteiger charge is 2.14. The molecule has 0 amide bonds. The van der Waals surface area contributed by atoms with Crippen LogP contribution in [-0.2, 0) is 6.42 Å². The van der Waals surface area contributed by atoms with E-state index in [9.17, 15) is 4.39 Å². The quantitative estimate of drug-likeness (QED) is 0.739. The van der Waals surface area contributed by atoms with Gasteiger partial charge in [0, 0.05) is 24.4 Å². The van der Waals surface area contributed by atoms with Crippen molar-refractivity contribution in [1.29, 1.82) is 0 Å². The molecule has 0 radical (unpaired) electrons. The molecule has 108 valence electrons. The lowest BCUT2D eigenvalue weighted by Gasteiger charge is -2.08. The Hall–Kier alpha value is -2.50. The van der Waals surface area contributed by atoms with E-state index in [0.717, 1.165) is 5.56 Å². The molecule has 0 N–H and O–H groups in total. The average Bonchev–Trinajstić information content (AvgIpc) is 3.08. The minimum Gasteiger partial charge on any atom is -0.339 e. The molecule has 0 aliphatic carbocycles. The molecule has 1 aromatic carbocycles. The smallest absolute Gasteiger partial charge is 0.229 e. The van der Waals surface area contributed by atoms with Crippen molar-refractivity contribution in [2.45, 2.75) is 26.3 Å². The van der Waals surface area contributed by atoms with Crippen LogP contribution in [0.15, 0.2) is 41.2 Å². The Balaban J connectivity index is 1.80. The third kappa shape index (κ3) is 2.99. The molecule has 2 aromatic heterocycles. The summed E-state index contributed by atoms with van der Waals surface area (Å²) in [6.45, 7) is 3.84. The molecule has 0 aliphatic heterocycles. The van der Waals surface area contributed by atoms with E-state index in [2.05, 4.69) is 15.2 Å². The molecule has 0 saturated carbocycles. The predicted molar refractivity (Wildman–Crippen MR) is 75.1 cm³/mol. The molecule has 5 nitrogen and oxygen atoms in total. The Morgan fingerprint density at radius 2 is 2.19 bits per heavy atom. The van der Waals surface area contributed by atoms with Gasteiger partial charge in [-0.1, -0.05) is 5.16 Å². The third-order valence-electron chi connectivity index (χ3n) is 3.21. The number of aromatic nitrogens is 4. The number of halogens is 1. The number of hydrogen-bond acceptors (Lipinski definition) is 4. The molecule has 0 spiro atoms. The summed E-state index contributed by atoms with van der Waals surface area (Å²) in [4.78, 5) is 4.33. The SMILES string of the molecule is Cc1cc(F)cc(-c2noc(CC(C)n3cccn3)n2)c1. The highest BCUT2D eigenvalue weighted by molar-refractivity contribution is 5.55. The zero-order valence-electron chi connectivity index (χ0n) is 11.8. The lowest BCUT2D eigenvalue weighted by atomic mass is 10.1. The number of nitrogens with zero attached hydrogens (tertiary/aromatic N) is 4. The van der Waals surface area contributed by atoms with E-state index in [-0.39, 0.29) is 11.9 Å². The van der Waals surface area contributed by atoms with Crippen LogP contribution in [-0.4, -0.2) is 19.9 Å². The molecule has 3 rings (SSSR count). The molecule has 3 aromatic rings. The van der Waals surface area contributed by atoms with E-state index < -0.39 is 0 Å². The Morgan fingerprint density at radius 3 is 2.90 bits per heavy atom. The molecule has 0 saturated heterocycles. The Morgan fingerprint density at radius 1 is 1.33 bits per heavy atom. The normalized spacial score (nSPS) is 12.5. The second kappa shape index (κ2) is 5.47. The van der Waals surface area contributed by atoms with Gasteiger partial charge in [-0.3, -0.25) is 4.68 Å². The summed E-state index contributed by atoms with van der Waals surface area (Å²) in [5.41, 5.74) is 1.44. The van der Waals surface area contributed by atoms with Crippen LogP contribution in [0, 0.1) is 12.7 Å². The van der Waals surface area contributed by atoms with Crippen LogP contribution in [0.4, 0.5) is 4.39 Å². The van der Waals surface area contributed by atoms with E-state index in [0.29, 0.717) is 23.7 Å². The summed E-state index contributed by atoms with van der Waals surface area (Å²) >= 11 is 0. The molecule has 1 unspecified atom stereocenters. The molecule has 21 heavy (non-hydrogen) atoms. The van der Waals surface area contributed by atoms with Crippen molar-refractivity contribution in [3.63, 3.8) is 0 Å². The van der Waals surface area contributed by atoms with Gasteiger partial charge >= 0.3 is 0 Å². The number of aryl methyl sites for hydroxylation is 1. The molecule has 0 bridgehead atoms. The summed E-state index contributed by atoms with van der Waals surface area (Å²) in [5.74, 6) is 0.608. The maximum atomic E-state index is 13.4. The zero-order chi connectivity index (χ0) is 14.8. The van der Waals surface area contributed by atoms with Gasteiger partial charge in [-0.05, 0) is 43.7 Å². The molecule has 0 aliphatic rings. The molecule has 1 atom stereocenters. The lowest BCUT2D eigenvalue weighted by molar-refractivity contribution is 0.349. The van der Waals surface area contributed by atoms with E-state index >= 15 is 0 Å². The molecular formula is C15H15FN4O.